The molecule has 31 heavy (non-hydrogen) atoms. The van der Waals surface area contributed by atoms with E-state index in [0.717, 1.165) is 43.9 Å². The molecule has 0 saturated heterocycles. The van der Waals surface area contributed by atoms with Crippen molar-refractivity contribution in [1.82, 2.24) is 9.55 Å². The van der Waals surface area contributed by atoms with Gasteiger partial charge in [0.15, 0.2) is 5.82 Å². The first kappa shape index (κ1) is 21.4. The molecule has 2 aromatic carbocycles. The summed E-state index contributed by atoms with van der Waals surface area (Å²) < 4.78 is 15.8. The van der Waals surface area contributed by atoms with Crippen molar-refractivity contribution in [3.05, 3.63) is 94.6 Å². The van der Waals surface area contributed by atoms with Crippen LogP contribution >= 0.6 is 12.4 Å². The number of rotatable bonds is 4. The van der Waals surface area contributed by atoms with E-state index in [-0.39, 0.29) is 18.2 Å². The van der Waals surface area contributed by atoms with Gasteiger partial charge in [0.05, 0.1) is 5.52 Å². The summed E-state index contributed by atoms with van der Waals surface area (Å²) in [5, 5.41) is 1.26. The molecule has 0 N–H and O–H groups in total. The Balaban J connectivity index is 0.00000231. The highest BCUT2D eigenvalue weighted by molar-refractivity contribution is 5.93. The second-order valence-corrected chi connectivity index (χ2v) is 8.11. The molecule has 3 nitrogen and oxygen atoms in total. The van der Waals surface area contributed by atoms with Crippen LogP contribution in [0.5, 0.6) is 0 Å². The Morgan fingerprint density at radius 2 is 1.74 bits per heavy atom. The number of anilines is 1. The van der Waals surface area contributed by atoms with Crippen molar-refractivity contribution in [2.75, 3.05) is 11.4 Å². The molecule has 4 aromatic rings. The number of aryl methyl sites for hydroxylation is 1. The Labute approximate surface area is 188 Å². The van der Waals surface area contributed by atoms with Crippen molar-refractivity contribution in [1.29, 1.82) is 0 Å². The summed E-state index contributed by atoms with van der Waals surface area (Å²) in [6.07, 6.45) is 3.92. The predicted molar refractivity (Wildman–Crippen MR) is 128 cm³/mol. The Morgan fingerprint density at radius 3 is 2.48 bits per heavy atom. The third kappa shape index (κ3) is 3.81. The lowest BCUT2D eigenvalue weighted by molar-refractivity contribution is 0.626. The number of hydrogen-bond acceptors (Lipinski definition) is 2. The van der Waals surface area contributed by atoms with Crippen LogP contribution in [-0.4, -0.2) is 16.1 Å². The molecule has 2 aromatic heterocycles. The van der Waals surface area contributed by atoms with Crippen LogP contribution in [-0.2, 0) is 25.9 Å². The van der Waals surface area contributed by atoms with Crippen molar-refractivity contribution in [3.8, 4) is 0 Å². The van der Waals surface area contributed by atoms with E-state index in [1.54, 1.807) is 12.1 Å². The van der Waals surface area contributed by atoms with Crippen LogP contribution < -0.4 is 4.90 Å². The van der Waals surface area contributed by atoms with Crippen molar-refractivity contribution < 1.29 is 4.39 Å². The largest absolute Gasteiger partial charge is 0.350 e. The van der Waals surface area contributed by atoms with Crippen molar-refractivity contribution >= 4 is 29.1 Å². The second-order valence-electron chi connectivity index (χ2n) is 8.11. The highest BCUT2D eigenvalue weighted by atomic mass is 35.5. The first-order valence-corrected chi connectivity index (χ1v) is 10.7. The highest BCUT2D eigenvalue weighted by Gasteiger charge is 2.23. The van der Waals surface area contributed by atoms with Crippen LogP contribution in [0.3, 0.4) is 0 Å². The average molecular weight is 436 g/mol. The molecule has 0 aliphatic carbocycles. The topological polar surface area (TPSA) is 21.1 Å². The lowest BCUT2D eigenvalue weighted by Gasteiger charge is -2.30. The van der Waals surface area contributed by atoms with Gasteiger partial charge in [-0.2, -0.15) is 0 Å². The minimum Gasteiger partial charge on any atom is -0.350 e. The quantitative estimate of drug-likeness (QED) is 0.387. The van der Waals surface area contributed by atoms with Crippen LogP contribution in [0.2, 0.25) is 0 Å². The van der Waals surface area contributed by atoms with E-state index < -0.39 is 0 Å². The molecule has 0 spiro atoms. The van der Waals surface area contributed by atoms with Gasteiger partial charge < -0.3 is 9.47 Å². The summed E-state index contributed by atoms with van der Waals surface area (Å²) in [6.45, 7) is 6.97. The monoisotopic (exact) mass is 435 g/mol. The standard InChI is InChI=1S/C26H26FN3.ClH/c1-3-24-18(2)23-12-14-28-26(29-15-13-20-6-4-5-7-21(20)17-29)25(23)30(24)16-19-8-10-22(27)11-9-19;/h4-12,14H,3,13,15-17H2,1-2H3;1H. The van der Waals surface area contributed by atoms with Gasteiger partial charge in [-0.3, -0.25) is 0 Å². The number of pyridine rings is 1. The fraction of sp³-hybridized carbons (Fsp3) is 0.269. The van der Waals surface area contributed by atoms with Gasteiger partial charge >= 0.3 is 0 Å². The first-order valence-electron chi connectivity index (χ1n) is 10.7. The van der Waals surface area contributed by atoms with Crippen molar-refractivity contribution in [2.24, 2.45) is 0 Å². The summed E-state index contributed by atoms with van der Waals surface area (Å²) in [5.74, 6) is 0.851. The van der Waals surface area contributed by atoms with Crippen LogP contribution in [0, 0.1) is 12.7 Å². The lowest BCUT2D eigenvalue weighted by atomic mass is 10.00. The molecule has 5 heteroatoms. The minimum atomic E-state index is -0.197. The molecule has 0 radical (unpaired) electrons. The molecular formula is C26H27ClFN3. The number of aromatic nitrogens is 2. The predicted octanol–water partition coefficient (Wildman–Crippen LogP) is 6.08. The fourth-order valence-electron chi connectivity index (χ4n) is 4.82. The first-order chi connectivity index (χ1) is 14.7. The van der Waals surface area contributed by atoms with E-state index in [1.807, 2.05) is 18.3 Å². The number of halogens is 2. The summed E-state index contributed by atoms with van der Waals surface area (Å²) in [7, 11) is 0. The van der Waals surface area contributed by atoms with Gasteiger partial charge in [-0.15, -0.1) is 12.4 Å². The molecule has 1 aliphatic rings. The van der Waals surface area contributed by atoms with Crippen molar-refractivity contribution in [2.45, 2.75) is 39.8 Å². The van der Waals surface area contributed by atoms with E-state index in [2.05, 4.69) is 53.6 Å². The maximum Gasteiger partial charge on any atom is 0.153 e. The summed E-state index contributed by atoms with van der Waals surface area (Å²) in [6, 6.07) is 17.7. The van der Waals surface area contributed by atoms with Gasteiger partial charge in [0.25, 0.3) is 0 Å². The number of fused-ring (bicyclic) bond motifs is 2. The van der Waals surface area contributed by atoms with Gasteiger partial charge in [-0.25, -0.2) is 9.37 Å². The zero-order valence-corrected chi connectivity index (χ0v) is 18.8. The highest BCUT2D eigenvalue weighted by Crippen LogP contribution is 2.34. The van der Waals surface area contributed by atoms with E-state index in [9.17, 15) is 4.39 Å². The van der Waals surface area contributed by atoms with Crippen LogP contribution in [0.15, 0.2) is 60.8 Å². The number of nitrogens with zero attached hydrogens (tertiary/aromatic N) is 3. The zero-order valence-electron chi connectivity index (χ0n) is 17.9. The SMILES string of the molecule is CCc1c(C)c2ccnc(N3CCc4ccccc4C3)c2n1Cc1ccc(F)cc1.Cl. The summed E-state index contributed by atoms with van der Waals surface area (Å²) >= 11 is 0. The second kappa shape index (κ2) is 8.72. The van der Waals surface area contributed by atoms with Crippen LogP contribution in [0.25, 0.3) is 10.9 Å². The third-order valence-corrected chi connectivity index (χ3v) is 6.36. The van der Waals surface area contributed by atoms with E-state index in [1.165, 1.54) is 33.3 Å². The molecule has 0 bridgehead atoms. The average Bonchev–Trinajstić information content (AvgIpc) is 3.06. The molecule has 5 rings (SSSR count). The number of benzene rings is 2. The molecule has 0 amide bonds. The molecule has 160 valence electrons. The molecule has 0 fully saturated rings. The molecule has 3 heterocycles. The maximum absolute atomic E-state index is 13.4. The molecule has 0 unspecified atom stereocenters. The smallest absolute Gasteiger partial charge is 0.153 e. The van der Waals surface area contributed by atoms with Gasteiger partial charge in [0.2, 0.25) is 0 Å². The van der Waals surface area contributed by atoms with E-state index >= 15 is 0 Å². The molecular weight excluding hydrogens is 409 g/mol. The third-order valence-electron chi connectivity index (χ3n) is 6.36. The Hall–Kier alpha value is -2.85. The van der Waals surface area contributed by atoms with Gasteiger partial charge in [-0.05, 0) is 60.2 Å². The maximum atomic E-state index is 13.4. The summed E-state index contributed by atoms with van der Waals surface area (Å²) in [5.41, 5.74) is 7.74. The van der Waals surface area contributed by atoms with Gasteiger partial charge in [0.1, 0.15) is 5.82 Å². The Bertz CT molecular complexity index is 1210. The Kier molecular flexibility index (Phi) is 6.01. The molecule has 1 aliphatic heterocycles. The van der Waals surface area contributed by atoms with Crippen LogP contribution in [0.1, 0.15) is 34.9 Å². The van der Waals surface area contributed by atoms with Gasteiger partial charge in [0, 0.05) is 36.9 Å². The van der Waals surface area contributed by atoms with E-state index in [0.29, 0.717) is 0 Å². The van der Waals surface area contributed by atoms with Gasteiger partial charge in [-0.1, -0.05) is 43.3 Å². The summed E-state index contributed by atoms with van der Waals surface area (Å²) in [4.78, 5) is 7.26. The fourth-order valence-corrected chi connectivity index (χ4v) is 4.82. The van der Waals surface area contributed by atoms with Crippen LogP contribution in [0.4, 0.5) is 10.2 Å². The normalized spacial score (nSPS) is 13.2. The Morgan fingerprint density at radius 1 is 1.00 bits per heavy atom. The van der Waals surface area contributed by atoms with Crippen molar-refractivity contribution in [3.63, 3.8) is 0 Å². The zero-order chi connectivity index (χ0) is 20.7. The lowest BCUT2D eigenvalue weighted by Crippen LogP contribution is -2.31. The van der Waals surface area contributed by atoms with E-state index in [4.69, 9.17) is 4.98 Å². The molecule has 0 saturated carbocycles. The number of hydrogen-bond donors (Lipinski definition) is 0. The minimum absolute atomic E-state index is 0. The molecule has 0 atom stereocenters.